The Balaban J connectivity index is 2.14. The third-order valence-corrected chi connectivity index (χ3v) is 4.24. The van der Waals surface area contributed by atoms with Crippen LogP contribution in [0.2, 0.25) is 5.15 Å². The molecule has 0 bridgehead atoms. The lowest BCUT2D eigenvalue weighted by Crippen LogP contribution is -2.48. The molecule has 0 spiro atoms. The Morgan fingerprint density at radius 1 is 1.41 bits per heavy atom. The number of hydrogen-bond donors (Lipinski definition) is 2. The van der Waals surface area contributed by atoms with Crippen LogP contribution >= 0.6 is 11.6 Å². The van der Waals surface area contributed by atoms with Crippen LogP contribution in [0.1, 0.15) is 0 Å². The zero-order chi connectivity index (χ0) is 12.3. The molecule has 6 nitrogen and oxygen atoms in total. The minimum absolute atomic E-state index is 0.145. The maximum atomic E-state index is 12.0. The number of aromatic nitrogens is 1. The topological polar surface area (TPSA) is 74.3 Å². The van der Waals surface area contributed by atoms with Crippen molar-refractivity contribution in [2.45, 2.75) is 0 Å². The van der Waals surface area contributed by atoms with Gasteiger partial charge in [0.15, 0.2) is 5.15 Å². The number of hydrogen-bond acceptors (Lipinski definition) is 4. The van der Waals surface area contributed by atoms with Crippen LogP contribution in [0.3, 0.4) is 0 Å². The molecule has 0 aromatic carbocycles. The summed E-state index contributed by atoms with van der Waals surface area (Å²) in [5.74, 6) is 0. The average Bonchev–Trinajstić information content (AvgIpc) is 2.33. The molecule has 8 heteroatoms. The van der Waals surface area contributed by atoms with E-state index in [1.165, 1.54) is 10.5 Å². The SMILES string of the molecule is O=S(=O)(Nc1cccnc1Cl)N1CCNCC1. The van der Waals surface area contributed by atoms with Crippen LogP contribution in [-0.2, 0) is 10.2 Å². The smallest absolute Gasteiger partial charge is 0.301 e. The quantitative estimate of drug-likeness (QED) is 0.779. The van der Waals surface area contributed by atoms with E-state index in [9.17, 15) is 8.42 Å². The van der Waals surface area contributed by atoms with Gasteiger partial charge in [0.2, 0.25) is 0 Å². The van der Waals surface area contributed by atoms with Crippen LogP contribution in [0, 0.1) is 0 Å². The highest BCUT2D eigenvalue weighted by Crippen LogP contribution is 2.19. The van der Waals surface area contributed by atoms with Gasteiger partial charge in [-0.1, -0.05) is 11.6 Å². The van der Waals surface area contributed by atoms with Crippen molar-refractivity contribution < 1.29 is 8.42 Å². The zero-order valence-corrected chi connectivity index (χ0v) is 10.6. The maximum absolute atomic E-state index is 12.0. The van der Waals surface area contributed by atoms with Gasteiger partial charge in [0.1, 0.15) is 0 Å². The van der Waals surface area contributed by atoms with E-state index in [-0.39, 0.29) is 5.15 Å². The van der Waals surface area contributed by atoms with Crippen molar-refractivity contribution >= 4 is 27.5 Å². The van der Waals surface area contributed by atoms with Gasteiger partial charge in [-0.15, -0.1) is 0 Å². The molecule has 2 N–H and O–H groups in total. The van der Waals surface area contributed by atoms with Crippen LogP contribution in [0.25, 0.3) is 0 Å². The molecule has 0 unspecified atom stereocenters. The number of nitrogens with zero attached hydrogens (tertiary/aromatic N) is 2. The molecule has 94 valence electrons. The summed E-state index contributed by atoms with van der Waals surface area (Å²) in [6.45, 7) is 2.21. The minimum atomic E-state index is -3.54. The van der Waals surface area contributed by atoms with Gasteiger partial charge < -0.3 is 5.32 Å². The Kier molecular flexibility index (Phi) is 3.82. The standard InChI is InChI=1S/C9H13ClN4O2S/c10-9-8(2-1-3-12-9)13-17(15,16)14-6-4-11-5-7-14/h1-3,11,13H,4-7H2. The summed E-state index contributed by atoms with van der Waals surface area (Å²) in [4.78, 5) is 3.82. The number of halogens is 1. The van der Waals surface area contributed by atoms with Crippen molar-refractivity contribution in [3.63, 3.8) is 0 Å². The van der Waals surface area contributed by atoms with E-state index in [4.69, 9.17) is 11.6 Å². The largest absolute Gasteiger partial charge is 0.314 e. The molecule has 1 aromatic heterocycles. The Labute approximate surface area is 105 Å². The lowest BCUT2D eigenvalue weighted by molar-refractivity contribution is 0.362. The molecule has 0 saturated carbocycles. The Hall–Kier alpha value is -0.890. The lowest BCUT2D eigenvalue weighted by atomic mass is 10.4. The van der Waals surface area contributed by atoms with Crippen molar-refractivity contribution in [1.82, 2.24) is 14.6 Å². The summed E-state index contributed by atoms with van der Waals surface area (Å²) in [6.07, 6.45) is 1.50. The Morgan fingerprint density at radius 2 is 2.12 bits per heavy atom. The monoisotopic (exact) mass is 276 g/mol. The normalized spacial score (nSPS) is 17.9. The summed E-state index contributed by atoms with van der Waals surface area (Å²) in [7, 11) is -3.54. The highest BCUT2D eigenvalue weighted by molar-refractivity contribution is 7.90. The molecule has 1 saturated heterocycles. The van der Waals surface area contributed by atoms with E-state index < -0.39 is 10.2 Å². The first-order valence-electron chi connectivity index (χ1n) is 5.19. The predicted octanol–water partition coefficient (Wildman–Crippen LogP) is 0.297. The molecule has 2 heterocycles. The molecule has 0 aliphatic carbocycles. The van der Waals surface area contributed by atoms with E-state index >= 15 is 0 Å². The first-order valence-corrected chi connectivity index (χ1v) is 7.00. The lowest BCUT2D eigenvalue weighted by Gasteiger charge is -2.26. The summed E-state index contributed by atoms with van der Waals surface area (Å²) < 4.78 is 27.8. The first-order chi connectivity index (χ1) is 8.09. The second-order valence-corrected chi connectivity index (χ2v) is 5.63. The molecule has 1 fully saturated rings. The number of nitrogens with one attached hydrogen (secondary N) is 2. The van der Waals surface area contributed by atoms with Crippen LogP contribution in [0.4, 0.5) is 5.69 Å². The highest BCUT2D eigenvalue weighted by atomic mass is 35.5. The molecule has 1 aliphatic heterocycles. The minimum Gasteiger partial charge on any atom is -0.314 e. The van der Waals surface area contributed by atoms with E-state index in [1.807, 2.05) is 0 Å². The van der Waals surface area contributed by atoms with Crippen molar-refractivity contribution in [2.75, 3.05) is 30.9 Å². The fourth-order valence-corrected chi connectivity index (χ4v) is 3.01. The second kappa shape index (κ2) is 5.18. The molecular weight excluding hydrogens is 264 g/mol. The van der Waals surface area contributed by atoms with Crippen molar-refractivity contribution in [2.24, 2.45) is 0 Å². The first kappa shape index (κ1) is 12.6. The number of rotatable bonds is 3. The third kappa shape index (κ3) is 3.06. The molecule has 2 rings (SSSR count). The van der Waals surface area contributed by atoms with Gasteiger partial charge in [-0.2, -0.15) is 12.7 Å². The molecule has 17 heavy (non-hydrogen) atoms. The highest BCUT2D eigenvalue weighted by Gasteiger charge is 2.24. The Morgan fingerprint density at radius 3 is 2.76 bits per heavy atom. The predicted molar refractivity (Wildman–Crippen MR) is 66.2 cm³/mol. The average molecular weight is 277 g/mol. The van der Waals surface area contributed by atoms with Crippen molar-refractivity contribution in [3.05, 3.63) is 23.5 Å². The van der Waals surface area contributed by atoms with E-state index in [0.717, 1.165) is 0 Å². The third-order valence-electron chi connectivity index (χ3n) is 2.41. The molecule has 0 amide bonds. The maximum Gasteiger partial charge on any atom is 0.301 e. The van der Waals surface area contributed by atoms with E-state index in [0.29, 0.717) is 31.9 Å². The number of piperazine rings is 1. The number of anilines is 1. The van der Waals surface area contributed by atoms with Gasteiger partial charge in [0.05, 0.1) is 5.69 Å². The van der Waals surface area contributed by atoms with Crippen LogP contribution in [0.15, 0.2) is 18.3 Å². The molecule has 1 aromatic rings. The zero-order valence-electron chi connectivity index (χ0n) is 9.06. The summed E-state index contributed by atoms with van der Waals surface area (Å²) in [6, 6.07) is 3.20. The molecule has 0 atom stereocenters. The van der Waals surface area contributed by atoms with Gasteiger partial charge >= 0.3 is 10.2 Å². The fourth-order valence-electron chi connectivity index (χ4n) is 1.55. The second-order valence-electron chi connectivity index (χ2n) is 3.60. The molecule has 0 radical (unpaired) electrons. The number of pyridine rings is 1. The summed E-state index contributed by atoms with van der Waals surface area (Å²) in [5.41, 5.74) is 0.299. The van der Waals surface area contributed by atoms with E-state index in [2.05, 4.69) is 15.0 Å². The van der Waals surface area contributed by atoms with Crippen molar-refractivity contribution in [3.8, 4) is 0 Å². The van der Waals surface area contributed by atoms with Gasteiger partial charge in [-0.05, 0) is 12.1 Å². The summed E-state index contributed by atoms with van der Waals surface area (Å²) >= 11 is 5.80. The van der Waals surface area contributed by atoms with Crippen LogP contribution < -0.4 is 10.0 Å². The van der Waals surface area contributed by atoms with Gasteiger partial charge in [-0.3, -0.25) is 4.72 Å². The summed E-state index contributed by atoms with van der Waals surface area (Å²) in [5, 5.41) is 3.23. The van der Waals surface area contributed by atoms with Crippen molar-refractivity contribution in [1.29, 1.82) is 0 Å². The van der Waals surface area contributed by atoms with Gasteiger partial charge in [0, 0.05) is 32.4 Å². The Bertz CT molecular complexity index is 488. The van der Waals surface area contributed by atoms with Gasteiger partial charge in [-0.25, -0.2) is 4.98 Å². The van der Waals surface area contributed by atoms with Crippen LogP contribution in [0.5, 0.6) is 0 Å². The molecule has 1 aliphatic rings. The molecular formula is C9H13ClN4O2S. The van der Waals surface area contributed by atoms with Crippen LogP contribution in [-0.4, -0.2) is 43.9 Å². The van der Waals surface area contributed by atoms with E-state index in [1.54, 1.807) is 12.1 Å². The van der Waals surface area contributed by atoms with Gasteiger partial charge in [0.25, 0.3) is 0 Å². The fraction of sp³-hybridized carbons (Fsp3) is 0.444.